The number of amides is 2. The number of carbonyl (C=O) groups excluding carboxylic acids is 3. The van der Waals surface area contributed by atoms with Gasteiger partial charge in [0.05, 0.1) is 11.1 Å². The quantitative estimate of drug-likeness (QED) is 0.617. The molecule has 1 aromatic rings. The van der Waals surface area contributed by atoms with Crippen molar-refractivity contribution >= 4 is 17.8 Å². The zero-order valence-electron chi connectivity index (χ0n) is 13.5. The first-order chi connectivity index (χ1) is 10.1. The highest BCUT2D eigenvalue weighted by Gasteiger charge is 2.42. The number of carbonyl (C=O) groups is 3. The van der Waals surface area contributed by atoms with Gasteiger partial charge >= 0.3 is 5.97 Å². The van der Waals surface area contributed by atoms with E-state index in [1.165, 1.54) is 12.1 Å². The molecule has 0 N–H and O–H groups in total. The van der Waals surface area contributed by atoms with Gasteiger partial charge in [-0.2, -0.15) is 0 Å². The zero-order valence-corrected chi connectivity index (χ0v) is 10.5. The smallest absolute Gasteiger partial charge is 0.304 e. The Hall–Kier alpha value is -2.17. The lowest BCUT2D eigenvalue weighted by molar-refractivity contribution is -0.155. The molecule has 2 rings (SSSR count). The lowest BCUT2D eigenvalue weighted by Gasteiger charge is -2.28. The number of ether oxygens (including phenoxy) is 1. The van der Waals surface area contributed by atoms with E-state index >= 15 is 0 Å². The molecule has 2 amide bonds. The van der Waals surface area contributed by atoms with Crippen molar-refractivity contribution in [2.75, 3.05) is 0 Å². The van der Waals surface area contributed by atoms with Crippen LogP contribution in [0.25, 0.3) is 0 Å². The minimum Gasteiger partial charge on any atom is -0.441 e. The van der Waals surface area contributed by atoms with Gasteiger partial charge in [0.1, 0.15) is 0 Å². The summed E-state index contributed by atoms with van der Waals surface area (Å²) in [4.78, 5) is 37.1. The van der Waals surface area contributed by atoms with E-state index in [0.29, 0.717) is 0 Å². The Balaban J connectivity index is 2.34. The molecule has 1 heterocycles. The molecule has 0 radical (unpaired) electrons. The Bertz CT molecular complexity index is 604. The van der Waals surface area contributed by atoms with Crippen molar-refractivity contribution in [2.45, 2.75) is 26.9 Å². The summed E-state index contributed by atoms with van der Waals surface area (Å²) >= 11 is 0. The predicted octanol–water partition coefficient (Wildman–Crippen LogP) is 1.83. The number of nitrogens with zero attached hydrogens (tertiary/aromatic N) is 1. The summed E-state index contributed by atoms with van der Waals surface area (Å²) in [5.41, 5.74) is 0.422. The molecule has 1 unspecified atom stereocenters. The Labute approximate surface area is 115 Å². The van der Waals surface area contributed by atoms with Crippen molar-refractivity contribution in [3.63, 3.8) is 0 Å². The standard InChI is InChI=1S/C14H15NO4/c1-8(2)14(19-9(3)16)15-12(17)10-6-4-5-7-11(10)13(15)18/h4-8,14H,1-3H3/i3D3. The number of hydrogen-bond donors (Lipinski definition) is 0. The number of imide groups is 1. The van der Waals surface area contributed by atoms with Gasteiger partial charge < -0.3 is 4.74 Å². The van der Waals surface area contributed by atoms with Crippen molar-refractivity contribution in [2.24, 2.45) is 5.92 Å². The van der Waals surface area contributed by atoms with Crippen LogP contribution in [-0.2, 0) is 9.53 Å². The van der Waals surface area contributed by atoms with Crippen LogP contribution in [0.2, 0.25) is 0 Å². The maximum absolute atomic E-state index is 12.4. The predicted molar refractivity (Wildman–Crippen MR) is 67.3 cm³/mol. The molecule has 100 valence electrons. The average molecular weight is 264 g/mol. The van der Waals surface area contributed by atoms with E-state index in [4.69, 9.17) is 8.85 Å². The molecule has 0 fully saturated rings. The van der Waals surface area contributed by atoms with Crippen LogP contribution in [0.1, 0.15) is 45.5 Å². The Morgan fingerprint density at radius 2 is 1.74 bits per heavy atom. The number of esters is 1. The molecule has 5 nitrogen and oxygen atoms in total. The van der Waals surface area contributed by atoms with Gasteiger partial charge in [-0.15, -0.1) is 0 Å². The highest BCUT2D eigenvalue weighted by Crippen LogP contribution is 2.27. The summed E-state index contributed by atoms with van der Waals surface area (Å²) in [5, 5.41) is 0. The molecule has 0 saturated carbocycles. The number of rotatable bonds is 3. The third kappa shape index (κ3) is 2.23. The van der Waals surface area contributed by atoms with Crippen LogP contribution in [0.4, 0.5) is 0 Å². The summed E-state index contributed by atoms with van der Waals surface area (Å²) in [6.07, 6.45) is -1.26. The number of fused-ring (bicyclic) bond motifs is 1. The molecule has 1 aliphatic rings. The van der Waals surface area contributed by atoms with Gasteiger partial charge in [-0.3, -0.25) is 14.4 Å². The largest absolute Gasteiger partial charge is 0.441 e. The van der Waals surface area contributed by atoms with Gasteiger partial charge in [0.15, 0.2) is 6.23 Å². The Morgan fingerprint density at radius 3 is 2.16 bits per heavy atom. The summed E-state index contributed by atoms with van der Waals surface area (Å²) < 4.78 is 26.0. The topological polar surface area (TPSA) is 63.7 Å². The molecule has 1 aromatic carbocycles. The highest BCUT2D eigenvalue weighted by molar-refractivity contribution is 6.21. The van der Waals surface area contributed by atoms with Gasteiger partial charge in [-0.05, 0) is 12.1 Å². The van der Waals surface area contributed by atoms with E-state index in [2.05, 4.69) is 0 Å². The summed E-state index contributed by atoms with van der Waals surface area (Å²) in [7, 11) is 0. The van der Waals surface area contributed by atoms with Crippen LogP contribution in [0.15, 0.2) is 24.3 Å². The van der Waals surface area contributed by atoms with E-state index in [0.717, 1.165) is 4.90 Å². The Morgan fingerprint density at radius 1 is 1.21 bits per heavy atom. The normalized spacial score (nSPS) is 18.7. The fourth-order valence-corrected chi connectivity index (χ4v) is 2.04. The molecule has 0 saturated heterocycles. The van der Waals surface area contributed by atoms with Crippen molar-refractivity contribution in [1.82, 2.24) is 4.90 Å². The lowest BCUT2D eigenvalue weighted by Crippen LogP contribution is -2.45. The first-order valence-electron chi connectivity index (χ1n) is 7.32. The Kier molecular flexibility index (Phi) is 2.47. The van der Waals surface area contributed by atoms with Gasteiger partial charge in [-0.25, -0.2) is 4.90 Å². The fraction of sp³-hybridized carbons (Fsp3) is 0.357. The lowest BCUT2D eigenvalue weighted by atomic mass is 10.1. The molecular weight excluding hydrogens is 246 g/mol. The van der Waals surface area contributed by atoms with Gasteiger partial charge in [-0.1, -0.05) is 26.0 Å². The third-order valence-electron chi connectivity index (χ3n) is 2.88. The van der Waals surface area contributed by atoms with Gasteiger partial charge in [0.25, 0.3) is 11.8 Å². The van der Waals surface area contributed by atoms with Crippen LogP contribution in [0.3, 0.4) is 0 Å². The minimum atomic E-state index is -2.95. The number of benzene rings is 1. The van der Waals surface area contributed by atoms with E-state index in [1.54, 1.807) is 26.0 Å². The number of hydrogen-bond acceptors (Lipinski definition) is 4. The molecule has 0 aliphatic carbocycles. The zero-order chi connectivity index (χ0) is 16.7. The summed E-state index contributed by atoms with van der Waals surface area (Å²) in [5.74, 6) is -3.09. The van der Waals surface area contributed by atoms with Crippen molar-refractivity contribution in [3.8, 4) is 0 Å². The first kappa shape index (κ1) is 9.72. The average Bonchev–Trinajstić information content (AvgIpc) is 2.68. The first-order valence-corrected chi connectivity index (χ1v) is 5.82. The summed E-state index contributed by atoms with van der Waals surface area (Å²) in [6, 6.07) is 6.23. The fourth-order valence-electron chi connectivity index (χ4n) is 2.04. The molecule has 0 bridgehead atoms. The van der Waals surface area contributed by atoms with Crippen molar-refractivity contribution < 1.29 is 23.2 Å². The maximum Gasteiger partial charge on any atom is 0.304 e. The molecule has 5 heteroatoms. The van der Waals surface area contributed by atoms with E-state index in [9.17, 15) is 14.4 Å². The third-order valence-corrected chi connectivity index (χ3v) is 2.88. The molecule has 19 heavy (non-hydrogen) atoms. The molecule has 1 atom stereocenters. The van der Waals surface area contributed by atoms with E-state index < -0.39 is 36.8 Å². The van der Waals surface area contributed by atoms with Gasteiger partial charge in [0, 0.05) is 16.9 Å². The van der Waals surface area contributed by atoms with Gasteiger partial charge in [0.2, 0.25) is 0 Å². The monoisotopic (exact) mass is 264 g/mol. The molecular formula is C14H15NO4. The van der Waals surface area contributed by atoms with Crippen LogP contribution >= 0.6 is 0 Å². The van der Waals surface area contributed by atoms with Crippen molar-refractivity contribution in [1.29, 1.82) is 0 Å². The SMILES string of the molecule is [2H]C([2H])([2H])C(=O)OC(C(C)C)N1C(=O)c2ccccc2C1=O. The highest BCUT2D eigenvalue weighted by atomic mass is 16.6. The second-order valence-electron chi connectivity index (χ2n) is 4.57. The molecule has 0 spiro atoms. The van der Waals surface area contributed by atoms with Crippen molar-refractivity contribution in [3.05, 3.63) is 35.4 Å². The molecule has 0 aromatic heterocycles. The van der Waals surface area contributed by atoms with Crippen LogP contribution < -0.4 is 0 Å². The second-order valence-corrected chi connectivity index (χ2v) is 4.57. The molecule has 1 aliphatic heterocycles. The van der Waals surface area contributed by atoms with Crippen LogP contribution in [0, 0.1) is 5.92 Å². The maximum atomic E-state index is 12.4. The van der Waals surface area contributed by atoms with E-state index in [-0.39, 0.29) is 11.1 Å². The van der Waals surface area contributed by atoms with E-state index in [1.807, 2.05) is 0 Å². The van der Waals surface area contributed by atoms with Crippen LogP contribution in [-0.4, -0.2) is 28.9 Å². The summed E-state index contributed by atoms with van der Waals surface area (Å²) in [6.45, 7) is 0.299. The minimum absolute atomic E-state index is 0.211. The van der Waals surface area contributed by atoms with Crippen LogP contribution in [0.5, 0.6) is 0 Å². The second kappa shape index (κ2) is 4.84.